The number of aromatic nitrogens is 3. The Morgan fingerprint density at radius 3 is 2.83 bits per heavy atom. The van der Waals surface area contributed by atoms with Gasteiger partial charge >= 0.3 is 0 Å². The highest BCUT2D eigenvalue weighted by molar-refractivity contribution is 5.58. The largest absolute Gasteiger partial charge is 0.359 e. The minimum absolute atomic E-state index is 0.448. The van der Waals surface area contributed by atoms with Crippen molar-refractivity contribution >= 4 is 5.82 Å². The summed E-state index contributed by atoms with van der Waals surface area (Å²) in [6, 6.07) is 3.80. The van der Waals surface area contributed by atoms with Crippen LogP contribution in [-0.4, -0.2) is 21.5 Å². The molecule has 0 aromatic carbocycles. The van der Waals surface area contributed by atoms with E-state index in [0.717, 1.165) is 22.6 Å². The molecular formula is C14H14N4. The topological polar surface area (TPSA) is 50.7 Å². The van der Waals surface area contributed by atoms with Crippen molar-refractivity contribution in [2.75, 3.05) is 11.9 Å². The van der Waals surface area contributed by atoms with Crippen molar-refractivity contribution in [3.63, 3.8) is 0 Å². The third-order valence-corrected chi connectivity index (χ3v) is 2.67. The average molecular weight is 238 g/mol. The summed E-state index contributed by atoms with van der Waals surface area (Å²) < 4.78 is 0. The van der Waals surface area contributed by atoms with E-state index >= 15 is 0 Å². The number of rotatable bonds is 3. The van der Waals surface area contributed by atoms with Crippen molar-refractivity contribution in [2.24, 2.45) is 0 Å². The molecule has 0 saturated carbocycles. The van der Waals surface area contributed by atoms with Crippen molar-refractivity contribution < 1.29 is 0 Å². The third kappa shape index (κ3) is 2.46. The van der Waals surface area contributed by atoms with E-state index in [4.69, 9.17) is 6.42 Å². The predicted molar refractivity (Wildman–Crippen MR) is 72.1 cm³/mol. The standard InChI is InChI=1S/C14H14N4/c1-4-7-16-13-10(2)11(3)17-14(18-13)12-6-5-8-15-9-12/h1,5-6,8-9H,7H2,2-3H3,(H,16,17,18). The summed E-state index contributed by atoms with van der Waals surface area (Å²) in [5.74, 6) is 3.97. The SMILES string of the molecule is C#CCNc1nc(-c2cccnc2)nc(C)c1C. The van der Waals surface area contributed by atoms with E-state index in [1.54, 1.807) is 12.4 Å². The van der Waals surface area contributed by atoms with E-state index < -0.39 is 0 Å². The van der Waals surface area contributed by atoms with Gasteiger partial charge in [-0.15, -0.1) is 6.42 Å². The van der Waals surface area contributed by atoms with Gasteiger partial charge in [-0.3, -0.25) is 4.98 Å². The third-order valence-electron chi connectivity index (χ3n) is 2.67. The van der Waals surface area contributed by atoms with Gasteiger partial charge in [0.25, 0.3) is 0 Å². The quantitative estimate of drug-likeness (QED) is 0.833. The molecule has 2 aromatic rings. The van der Waals surface area contributed by atoms with E-state index in [9.17, 15) is 0 Å². The summed E-state index contributed by atoms with van der Waals surface area (Å²) in [6.07, 6.45) is 8.72. The molecule has 18 heavy (non-hydrogen) atoms. The molecular weight excluding hydrogens is 224 g/mol. The number of hydrogen-bond acceptors (Lipinski definition) is 4. The Labute approximate surface area is 107 Å². The molecule has 0 aliphatic heterocycles. The molecule has 0 atom stereocenters. The molecule has 0 aliphatic carbocycles. The zero-order valence-corrected chi connectivity index (χ0v) is 10.4. The summed E-state index contributed by atoms with van der Waals surface area (Å²) in [7, 11) is 0. The van der Waals surface area contributed by atoms with Crippen LogP contribution < -0.4 is 5.32 Å². The first-order valence-electron chi connectivity index (χ1n) is 5.65. The maximum atomic E-state index is 5.25. The summed E-state index contributed by atoms with van der Waals surface area (Å²) in [6.45, 7) is 4.38. The Kier molecular flexibility index (Phi) is 3.54. The van der Waals surface area contributed by atoms with E-state index in [1.165, 1.54) is 0 Å². The molecule has 0 radical (unpaired) electrons. The molecule has 0 aliphatic rings. The van der Waals surface area contributed by atoms with Gasteiger partial charge in [-0.25, -0.2) is 9.97 Å². The number of anilines is 1. The van der Waals surface area contributed by atoms with E-state index in [2.05, 4.69) is 26.2 Å². The van der Waals surface area contributed by atoms with Crippen molar-refractivity contribution in [3.05, 3.63) is 35.8 Å². The zero-order valence-electron chi connectivity index (χ0n) is 10.4. The Hall–Kier alpha value is -2.41. The van der Waals surface area contributed by atoms with E-state index in [0.29, 0.717) is 12.4 Å². The smallest absolute Gasteiger partial charge is 0.163 e. The van der Waals surface area contributed by atoms with Gasteiger partial charge in [0.05, 0.1) is 6.54 Å². The monoisotopic (exact) mass is 238 g/mol. The number of hydrogen-bond donors (Lipinski definition) is 1. The van der Waals surface area contributed by atoms with Gasteiger partial charge in [0, 0.05) is 29.2 Å². The zero-order chi connectivity index (χ0) is 13.0. The first-order valence-corrected chi connectivity index (χ1v) is 5.65. The molecule has 0 unspecified atom stereocenters. The highest BCUT2D eigenvalue weighted by Gasteiger charge is 2.08. The molecule has 0 saturated heterocycles. The lowest BCUT2D eigenvalue weighted by Gasteiger charge is -2.10. The lowest BCUT2D eigenvalue weighted by Crippen LogP contribution is -2.07. The Balaban J connectivity index is 2.45. The molecule has 2 rings (SSSR count). The Bertz CT molecular complexity index is 585. The maximum Gasteiger partial charge on any atom is 0.163 e. The normalized spacial score (nSPS) is 9.83. The van der Waals surface area contributed by atoms with Crippen LogP contribution in [0.5, 0.6) is 0 Å². The van der Waals surface area contributed by atoms with Crippen LogP contribution in [0.3, 0.4) is 0 Å². The second kappa shape index (κ2) is 5.28. The number of pyridine rings is 1. The minimum Gasteiger partial charge on any atom is -0.359 e. The average Bonchev–Trinajstić information content (AvgIpc) is 2.41. The predicted octanol–water partition coefficient (Wildman–Crippen LogP) is 2.20. The fourth-order valence-electron chi connectivity index (χ4n) is 1.56. The first-order chi connectivity index (χ1) is 8.72. The van der Waals surface area contributed by atoms with Gasteiger partial charge in [0.15, 0.2) is 5.82 Å². The van der Waals surface area contributed by atoms with Crippen LogP contribution in [-0.2, 0) is 0 Å². The fraction of sp³-hybridized carbons (Fsp3) is 0.214. The van der Waals surface area contributed by atoms with Gasteiger partial charge in [0.2, 0.25) is 0 Å². The second-order valence-corrected chi connectivity index (χ2v) is 3.91. The fourth-order valence-corrected chi connectivity index (χ4v) is 1.56. The number of aryl methyl sites for hydroxylation is 1. The van der Waals surface area contributed by atoms with Crippen LogP contribution >= 0.6 is 0 Å². The number of nitrogens with zero attached hydrogens (tertiary/aromatic N) is 3. The molecule has 1 N–H and O–H groups in total. The minimum atomic E-state index is 0.448. The van der Waals surface area contributed by atoms with Gasteiger partial charge in [0.1, 0.15) is 5.82 Å². The molecule has 4 nitrogen and oxygen atoms in total. The van der Waals surface area contributed by atoms with Crippen molar-refractivity contribution in [3.8, 4) is 23.7 Å². The van der Waals surface area contributed by atoms with Gasteiger partial charge < -0.3 is 5.32 Å². The van der Waals surface area contributed by atoms with Crippen LogP contribution in [0.25, 0.3) is 11.4 Å². The summed E-state index contributed by atoms with van der Waals surface area (Å²) >= 11 is 0. The van der Waals surface area contributed by atoms with Crippen LogP contribution in [0.15, 0.2) is 24.5 Å². The van der Waals surface area contributed by atoms with Gasteiger partial charge in [-0.05, 0) is 26.0 Å². The number of nitrogens with one attached hydrogen (secondary N) is 1. The summed E-state index contributed by atoms with van der Waals surface area (Å²) in [5, 5.41) is 3.11. The molecule has 2 aromatic heterocycles. The second-order valence-electron chi connectivity index (χ2n) is 3.91. The molecule has 0 bridgehead atoms. The van der Waals surface area contributed by atoms with Crippen molar-refractivity contribution in [1.29, 1.82) is 0 Å². The highest BCUT2D eigenvalue weighted by atomic mass is 15.0. The van der Waals surface area contributed by atoms with E-state index in [-0.39, 0.29) is 0 Å². The molecule has 0 amide bonds. The van der Waals surface area contributed by atoms with Crippen molar-refractivity contribution in [2.45, 2.75) is 13.8 Å². The molecule has 2 heterocycles. The summed E-state index contributed by atoms with van der Waals surface area (Å²) in [4.78, 5) is 13.0. The van der Waals surface area contributed by atoms with Crippen LogP contribution in [0.4, 0.5) is 5.82 Å². The number of terminal acetylenes is 1. The molecule has 4 heteroatoms. The molecule has 90 valence electrons. The molecule has 0 fully saturated rings. The highest BCUT2D eigenvalue weighted by Crippen LogP contribution is 2.20. The Morgan fingerprint density at radius 1 is 1.33 bits per heavy atom. The Morgan fingerprint density at radius 2 is 2.17 bits per heavy atom. The van der Waals surface area contributed by atoms with Crippen LogP contribution in [0.2, 0.25) is 0 Å². The van der Waals surface area contributed by atoms with Gasteiger partial charge in [-0.2, -0.15) is 0 Å². The molecule has 0 spiro atoms. The van der Waals surface area contributed by atoms with Crippen LogP contribution in [0.1, 0.15) is 11.3 Å². The lowest BCUT2D eigenvalue weighted by molar-refractivity contribution is 1.06. The lowest BCUT2D eigenvalue weighted by atomic mass is 10.2. The van der Waals surface area contributed by atoms with Gasteiger partial charge in [-0.1, -0.05) is 5.92 Å². The van der Waals surface area contributed by atoms with Crippen LogP contribution in [0, 0.1) is 26.2 Å². The summed E-state index contributed by atoms with van der Waals surface area (Å²) in [5.41, 5.74) is 2.84. The first kappa shape index (κ1) is 12.1. The van der Waals surface area contributed by atoms with E-state index in [1.807, 2.05) is 26.0 Å². The van der Waals surface area contributed by atoms with Crippen molar-refractivity contribution in [1.82, 2.24) is 15.0 Å². The maximum absolute atomic E-state index is 5.25.